The number of guanidine groups is 1. The molecule has 1 heterocycles. The van der Waals surface area contributed by atoms with Crippen molar-refractivity contribution in [2.24, 2.45) is 4.99 Å². The molecule has 2 rings (SSSR count). The van der Waals surface area contributed by atoms with Crippen LogP contribution in [0, 0.1) is 19.7 Å². The van der Waals surface area contributed by atoms with E-state index in [-0.39, 0.29) is 5.82 Å². The summed E-state index contributed by atoms with van der Waals surface area (Å²) in [5.41, 5.74) is 1.78. The fourth-order valence-corrected chi connectivity index (χ4v) is 2.97. The molecule has 0 atom stereocenters. The topological polar surface area (TPSA) is 49.3 Å². The van der Waals surface area contributed by atoms with Gasteiger partial charge in [0.1, 0.15) is 10.8 Å². The Kier molecular flexibility index (Phi) is 6.52. The number of nitrogens with zero attached hydrogens (tertiary/aromatic N) is 2. The quantitative estimate of drug-likeness (QED) is 0.630. The summed E-state index contributed by atoms with van der Waals surface area (Å²) in [4.78, 5) is 10.3. The number of hydrogen-bond acceptors (Lipinski definition) is 3. The second kappa shape index (κ2) is 8.62. The van der Waals surface area contributed by atoms with E-state index < -0.39 is 0 Å². The van der Waals surface area contributed by atoms with Gasteiger partial charge >= 0.3 is 0 Å². The van der Waals surface area contributed by atoms with E-state index >= 15 is 0 Å². The molecule has 0 bridgehead atoms. The summed E-state index contributed by atoms with van der Waals surface area (Å²) < 4.78 is 13.6. The van der Waals surface area contributed by atoms with Crippen LogP contribution in [0.15, 0.2) is 29.3 Å². The predicted molar refractivity (Wildman–Crippen MR) is 94.5 cm³/mol. The molecule has 2 N–H and O–H groups in total. The molecule has 0 fully saturated rings. The number of aryl methyl sites for hydroxylation is 2. The van der Waals surface area contributed by atoms with Gasteiger partial charge in [0.2, 0.25) is 0 Å². The molecule has 0 saturated heterocycles. The SMILES string of the molecule is CCNC(=NCc1nc(C)c(C)s1)NCCc1ccccc1F. The lowest BCUT2D eigenvalue weighted by Gasteiger charge is -2.11. The molecule has 1 aromatic carbocycles. The summed E-state index contributed by atoms with van der Waals surface area (Å²) in [6.07, 6.45) is 0.618. The lowest BCUT2D eigenvalue weighted by Crippen LogP contribution is -2.38. The lowest BCUT2D eigenvalue weighted by molar-refractivity contribution is 0.606. The third-order valence-corrected chi connectivity index (χ3v) is 4.49. The molecule has 0 saturated carbocycles. The van der Waals surface area contributed by atoms with Gasteiger partial charge in [0.15, 0.2) is 5.96 Å². The van der Waals surface area contributed by atoms with Crippen molar-refractivity contribution < 1.29 is 4.39 Å². The molecule has 0 unspecified atom stereocenters. The van der Waals surface area contributed by atoms with E-state index in [1.54, 1.807) is 17.4 Å². The van der Waals surface area contributed by atoms with E-state index in [0.717, 1.165) is 23.2 Å². The van der Waals surface area contributed by atoms with Gasteiger partial charge in [-0.1, -0.05) is 18.2 Å². The van der Waals surface area contributed by atoms with Gasteiger partial charge in [-0.25, -0.2) is 14.4 Å². The Hall–Kier alpha value is -1.95. The Labute approximate surface area is 140 Å². The maximum atomic E-state index is 13.6. The van der Waals surface area contributed by atoms with Gasteiger partial charge in [0.25, 0.3) is 0 Å². The summed E-state index contributed by atoms with van der Waals surface area (Å²) in [5.74, 6) is 0.569. The molecule has 23 heavy (non-hydrogen) atoms. The van der Waals surface area contributed by atoms with Crippen LogP contribution in [0.3, 0.4) is 0 Å². The summed E-state index contributed by atoms with van der Waals surface area (Å²) >= 11 is 1.67. The molecule has 2 aromatic rings. The average molecular weight is 334 g/mol. The maximum Gasteiger partial charge on any atom is 0.191 e. The molecule has 4 nitrogen and oxygen atoms in total. The van der Waals surface area contributed by atoms with Crippen LogP contribution >= 0.6 is 11.3 Å². The van der Waals surface area contributed by atoms with Crippen molar-refractivity contribution in [3.05, 3.63) is 51.2 Å². The number of rotatable bonds is 6. The Morgan fingerprint density at radius 3 is 2.70 bits per heavy atom. The highest BCUT2D eigenvalue weighted by Gasteiger charge is 2.04. The number of aromatic nitrogens is 1. The fraction of sp³-hybridized carbons (Fsp3) is 0.412. The minimum atomic E-state index is -0.162. The number of benzene rings is 1. The minimum absolute atomic E-state index is 0.162. The summed E-state index contributed by atoms with van der Waals surface area (Å²) in [5, 5.41) is 7.44. The van der Waals surface area contributed by atoms with Gasteiger partial charge in [-0.15, -0.1) is 11.3 Å². The third kappa shape index (κ3) is 5.32. The van der Waals surface area contributed by atoms with Gasteiger partial charge in [-0.05, 0) is 38.8 Å². The highest BCUT2D eigenvalue weighted by molar-refractivity contribution is 7.11. The molecule has 0 radical (unpaired) electrons. The Morgan fingerprint density at radius 2 is 2.04 bits per heavy atom. The van der Waals surface area contributed by atoms with Crippen molar-refractivity contribution in [3.8, 4) is 0 Å². The summed E-state index contributed by atoms with van der Waals surface area (Å²) in [6.45, 7) is 8.05. The normalized spacial score (nSPS) is 11.6. The van der Waals surface area contributed by atoms with Crippen LogP contribution < -0.4 is 10.6 Å². The standard InChI is InChI=1S/C17H23FN4S/c1-4-19-17(21-11-16-22-12(2)13(3)23-16)20-10-9-14-7-5-6-8-15(14)18/h5-8H,4,9-11H2,1-3H3,(H2,19,20,21). The minimum Gasteiger partial charge on any atom is -0.357 e. The van der Waals surface area contributed by atoms with Crippen LogP contribution in [-0.2, 0) is 13.0 Å². The summed E-state index contributed by atoms with van der Waals surface area (Å²) in [7, 11) is 0. The van der Waals surface area contributed by atoms with Crippen molar-refractivity contribution >= 4 is 17.3 Å². The van der Waals surface area contributed by atoms with Crippen molar-refractivity contribution in [1.82, 2.24) is 15.6 Å². The van der Waals surface area contributed by atoms with Crippen LogP contribution in [0.2, 0.25) is 0 Å². The van der Waals surface area contributed by atoms with Crippen molar-refractivity contribution in [3.63, 3.8) is 0 Å². The van der Waals surface area contributed by atoms with E-state index in [1.807, 2.05) is 26.0 Å². The lowest BCUT2D eigenvalue weighted by atomic mass is 10.1. The third-order valence-electron chi connectivity index (χ3n) is 3.43. The van der Waals surface area contributed by atoms with Gasteiger partial charge in [0, 0.05) is 18.0 Å². The molecule has 0 aliphatic heterocycles. The second-order valence-corrected chi connectivity index (χ2v) is 6.50. The molecule has 6 heteroatoms. The zero-order valence-electron chi connectivity index (χ0n) is 13.8. The van der Waals surface area contributed by atoms with Crippen molar-refractivity contribution in [1.29, 1.82) is 0 Å². The van der Waals surface area contributed by atoms with Crippen LogP contribution in [0.25, 0.3) is 0 Å². The molecule has 0 amide bonds. The number of nitrogens with one attached hydrogen (secondary N) is 2. The van der Waals surface area contributed by atoms with E-state index in [1.165, 1.54) is 10.9 Å². The zero-order chi connectivity index (χ0) is 16.7. The fourth-order valence-electron chi connectivity index (χ4n) is 2.11. The van der Waals surface area contributed by atoms with Crippen LogP contribution in [0.5, 0.6) is 0 Å². The number of aliphatic imine (C=N–C) groups is 1. The number of halogens is 1. The molecular weight excluding hydrogens is 311 g/mol. The first kappa shape index (κ1) is 17.4. The molecule has 0 aliphatic carbocycles. The van der Waals surface area contributed by atoms with Crippen molar-refractivity contribution in [2.45, 2.75) is 33.7 Å². The monoisotopic (exact) mass is 334 g/mol. The highest BCUT2D eigenvalue weighted by Crippen LogP contribution is 2.16. The molecule has 124 valence electrons. The second-order valence-electron chi connectivity index (χ2n) is 5.21. The first-order valence-electron chi connectivity index (χ1n) is 7.78. The van der Waals surface area contributed by atoms with Crippen molar-refractivity contribution in [2.75, 3.05) is 13.1 Å². The average Bonchev–Trinajstić information content (AvgIpc) is 2.85. The zero-order valence-corrected chi connectivity index (χ0v) is 14.6. The Morgan fingerprint density at radius 1 is 1.26 bits per heavy atom. The van der Waals surface area contributed by atoms with E-state index in [4.69, 9.17) is 0 Å². The number of hydrogen-bond donors (Lipinski definition) is 2. The number of thiazole rings is 1. The van der Waals surface area contributed by atoms with E-state index in [2.05, 4.69) is 27.5 Å². The summed E-state index contributed by atoms with van der Waals surface area (Å²) in [6, 6.07) is 6.85. The highest BCUT2D eigenvalue weighted by atomic mass is 32.1. The van der Waals surface area contributed by atoms with Crippen LogP contribution in [-0.4, -0.2) is 24.0 Å². The van der Waals surface area contributed by atoms with E-state index in [9.17, 15) is 4.39 Å². The van der Waals surface area contributed by atoms with Gasteiger partial charge in [0.05, 0.1) is 12.2 Å². The smallest absolute Gasteiger partial charge is 0.191 e. The van der Waals surface area contributed by atoms with Gasteiger partial charge in [-0.2, -0.15) is 0 Å². The van der Waals surface area contributed by atoms with Gasteiger partial charge in [-0.3, -0.25) is 0 Å². The molecule has 1 aromatic heterocycles. The maximum absolute atomic E-state index is 13.6. The molecule has 0 aliphatic rings. The predicted octanol–water partition coefficient (Wildman–Crippen LogP) is 3.20. The Bertz CT molecular complexity index is 647. The first-order valence-corrected chi connectivity index (χ1v) is 8.60. The molecular formula is C17H23FN4S. The van der Waals surface area contributed by atoms with E-state index in [0.29, 0.717) is 25.1 Å². The molecule has 0 spiro atoms. The van der Waals surface area contributed by atoms with Crippen LogP contribution in [0.4, 0.5) is 4.39 Å². The van der Waals surface area contributed by atoms with Gasteiger partial charge < -0.3 is 10.6 Å². The largest absolute Gasteiger partial charge is 0.357 e. The van der Waals surface area contributed by atoms with Crippen LogP contribution in [0.1, 0.15) is 28.1 Å². The Balaban J connectivity index is 1.90. The first-order chi connectivity index (χ1) is 11.1.